The zero-order chi connectivity index (χ0) is 86.8. The zero-order valence-corrected chi connectivity index (χ0v) is 55.0. The topological polar surface area (TPSA) is 265 Å². The lowest BCUT2D eigenvalue weighted by Crippen LogP contribution is -2.49. The van der Waals surface area contributed by atoms with Gasteiger partial charge in [0.1, 0.15) is 74.9 Å². The molecule has 0 saturated carbocycles. The Morgan fingerprint density at radius 2 is 0.784 bits per heavy atom. The molecule has 0 aliphatic carbocycles. The maximum Gasteiger partial charge on any atom is 0.255 e. The van der Waals surface area contributed by atoms with Crippen molar-refractivity contribution in [2.45, 2.75) is 116 Å². The Balaban J connectivity index is 0.000000156. The van der Waals surface area contributed by atoms with Crippen molar-refractivity contribution in [2.75, 3.05) is 59.3 Å². The van der Waals surface area contributed by atoms with Crippen molar-refractivity contribution in [3.8, 4) is 17.2 Å². The monoisotopic (exact) mass is 1400 g/mol. The molecular formula is C78H81N9O15. The fraction of sp³-hybridized carbons (Fsp3) is 0.346. The lowest BCUT2D eigenvalue weighted by atomic mass is 10.0. The smallest absolute Gasteiger partial charge is 0.255 e. The van der Waals surface area contributed by atoms with E-state index in [-0.39, 0.29) is 171 Å². The Labute approximate surface area is 616 Å². The number of benzene rings is 6. The SMILES string of the molecule is [2H]c1c([2H])c(C([2H])N2CCOCC2=O)c([2H])c([2H])c1C([2H])Oc1cccc2c1CN(C1CCC(=C)NC1=O)C2=O.[2H]c1cc(C([2H])([2H])N2CCOCC2=O)cc([2H])c1C([2H])([2H])Oc1cccc2c1CN(C1CCC(=C)NC1=O)C2=O.[2H]c1cc(C([2H])([2H])Oc2cccc3c2CN(C2CCC(=C)NC2=O)C3=O)cc([2H])c1C([2H])([2H])N1CCOCC1=O. The van der Waals surface area contributed by atoms with Crippen molar-refractivity contribution >= 4 is 53.2 Å². The number of nitrogens with zero attached hydrogens (tertiary/aromatic N) is 6. The maximum atomic E-state index is 13.1. The lowest BCUT2D eigenvalue weighted by Gasteiger charge is -2.31. The Morgan fingerprint density at radius 3 is 1.20 bits per heavy atom. The number of hydrogen-bond acceptors (Lipinski definition) is 15. The van der Waals surface area contributed by atoms with Crippen molar-refractivity contribution in [1.82, 2.24) is 45.3 Å². The van der Waals surface area contributed by atoms with Gasteiger partial charge in [-0.2, -0.15) is 0 Å². The largest absolute Gasteiger partial charge is 0.489 e. The number of hydrogen-bond donors (Lipinski definition) is 3. The summed E-state index contributed by atoms with van der Waals surface area (Å²) < 4.78 is 186. The summed E-state index contributed by atoms with van der Waals surface area (Å²) in [6.45, 7) is -2.28. The van der Waals surface area contributed by atoms with Crippen LogP contribution < -0.4 is 30.2 Å². The van der Waals surface area contributed by atoms with E-state index in [9.17, 15) is 43.2 Å². The van der Waals surface area contributed by atoms with E-state index in [1.807, 2.05) is 0 Å². The minimum absolute atomic E-state index is 0.00961. The van der Waals surface area contributed by atoms with Crippen molar-refractivity contribution in [3.63, 3.8) is 0 Å². The molecular weight excluding hydrogens is 1300 g/mol. The highest BCUT2D eigenvalue weighted by molar-refractivity contribution is 6.04. The van der Waals surface area contributed by atoms with Crippen LogP contribution in [0.2, 0.25) is 0 Å². The van der Waals surface area contributed by atoms with Gasteiger partial charge in [-0.25, -0.2) is 0 Å². The predicted octanol–water partition coefficient (Wildman–Crippen LogP) is 7.12. The first-order valence-electron chi connectivity index (χ1n) is 41.9. The fourth-order valence-electron chi connectivity index (χ4n) is 12.4. The normalized spacial score (nSPS) is 24.1. The maximum absolute atomic E-state index is 13.1. The summed E-state index contributed by atoms with van der Waals surface area (Å²) in [6.07, 6.45) is 2.82. The second kappa shape index (κ2) is 31.3. The average molecular weight is 1400 g/mol. The van der Waals surface area contributed by atoms with Gasteiger partial charge in [0.2, 0.25) is 35.4 Å². The first-order chi connectivity index (χ1) is 56.6. The highest BCUT2D eigenvalue weighted by Crippen LogP contribution is 2.38. The molecule has 6 fully saturated rings. The standard InChI is InChI=1S/3C26H27N3O5/c3*1-17-5-10-22(25(31)27-17)29-14-21-20(26(29)32)3-2-4-23(21)34-15-19-8-6-18(7-9-19)13-28-11-12-33-16-24(28)30/h3*2-4,6-9,22H,1,5,10-16H2,(H,27,31)/i6D,7D,8D,9D,13D,15D;8D,9D,13D2,15D2;6D,7D,13D2,15D2. The van der Waals surface area contributed by atoms with Crippen LogP contribution in [-0.2, 0) is 102 Å². The van der Waals surface area contributed by atoms with Gasteiger partial charge < -0.3 is 73.8 Å². The summed E-state index contributed by atoms with van der Waals surface area (Å²) in [7, 11) is 0. The number of fused-ring (bicyclic) bond motifs is 3. The van der Waals surface area contributed by atoms with E-state index >= 15 is 0 Å². The van der Waals surface area contributed by atoms with Gasteiger partial charge in [0.05, 0.1) is 64.1 Å². The number of nitrogens with one attached hydrogen (secondary N) is 3. The molecule has 9 aliphatic rings. The van der Waals surface area contributed by atoms with Crippen LogP contribution in [0.4, 0.5) is 0 Å². The molecule has 528 valence electrons. The molecule has 9 amide bonds. The van der Waals surface area contributed by atoms with E-state index in [1.54, 1.807) is 24.3 Å². The van der Waals surface area contributed by atoms with Crippen LogP contribution in [-0.4, -0.2) is 160 Å². The van der Waals surface area contributed by atoms with Crippen molar-refractivity contribution in [3.05, 3.63) is 231 Å². The molecule has 9 heterocycles. The number of carbonyl (C=O) groups excluding carboxylic acids is 9. The number of carbonyl (C=O) groups is 9. The molecule has 0 radical (unpaired) electrons. The molecule has 0 bridgehead atoms. The molecule has 24 heteroatoms. The summed E-state index contributed by atoms with van der Waals surface area (Å²) in [5.41, 5.74) is 2.05. The van der Waals surface area contributed by atoms with E-state index in [1.165, 1.54) is 45.0 Å². The summed E-state index contributed by atoms with van der Waals surface area (Å²) >= 11 is 0. The molecule has 0 aromatic heterocycles. The van der Waals surface area contributed by atoms with E-state index in [0.29, 0.717) is 77.9 Å². The molecule has 6 aromatic rings. The first kappa shape index (κ1) is 50.4. The van der Waals surface area contributed by atoms with Crippen LogP contribution in [0.5, 0.6) is 17.2 Å². The molecule has 6 aromatic carbocycles. The summed E-state index contributed by atoms with van der Waals surface area (Å²) in [6, 6.07) is 11.9. The third-order valence-corrected chi connectivity index (χ3v) is 17.7. The fourth-order valence-corrected chi connectivity index (χ4v) is 12.4. The average Bonchev–Trinajstić information content (AvgIpc) is 1.60. The van der Waals surface area contributed by atoms with Gasteiger partial charge in [0, 0.05) is 89.6 Å². The number of ether oxygens (including phenoxy) is 6. The Bertz CT molecular complexity index is 5240. The van der Waals surface area contributed by atoms with Crippen LogP contribution in [0.25, 0.3) is 0 Å². The van der Waals surface area contributed by atoms with E-state index in [4.69, 9.17) is 53.1 Å². The quantitative estimate of drug-likeness (QED) is 0.0774. The number of amides is 9. The molecule has 3 N–H and O–H groups in total. The predicted molar refractivity (Wildman–Crippen MR) is 371 cm³/mol. The molecule has 5 atom stereocenters. The van der Waals surface area contributed by atoms with Crippen LogP contribution >= 0.6 is 0 Å². The summed E-state index contributed by atoms with van der Waals surface area (Å²) in [5.74, 6) is -3.57. The van der Waals surface area contributed by atoms with Gasteiger partial charge in [-0.1, -0.05) is 111 Å². The van der Waals surface area contributed by atoms with E-state index < -0.39 is 129 Å². The number of rotatable bonds is 18. The molecule has 24 nitrogen and oxygen atoms in total. The van der Waals surface area contributed by atoms with Gasteiger partial charge in [-0.05, 0) is 108 Å². The third-order valence-electron chi connectivity index (χ3n) is 17.7. The lowest BCUT2D eigenvalue weighted by molar-refractivity contribution is -0.144. The minimum atomic E-state index is -2.71. The molecule has 9 aliphatic heterocycles. The number of morpholine rings is 3. The van der Waals surface area contributed by atoms with Crippen molar-refractivity contribution in [2.24, 2.45) is 0 Å². The third kappa shape index (κ3) is 15.9. The van der Waals surface area contributed by atoms with Gasteiger partial charge in [-0.3, -0.25) is 43.2 Å². The first-order valence-corrected chi connectivity index (χ1v) is 32.7. The second-order valence-corrected chi connectivity index (χ2v) is 24.6. The molecule has 6 saturated heterocycles. The highest BCUT2D eigenvalue weighted by atomic mass is 16.5. The van der Waals surface area contributed by atoms with E-state index in [2.05, 4.69) is 35.7 Å². The Morgan fingerprint density at radius 1 is 0.422 bits per heavy atom. The Kier molecular flexibility index (Phi) is 15.5. The van der Waals surface area contributed by atoms with Crippen LogP contribution in [0.3, 0.4) is 0 Å². The summed E-state index contributed by atoms with van der Waals surface area (Å²) in [5, 5.41) is 8.01. The van der Waals surface area contributed by atoms with Crippen LogP contribution in [0.1, 0.15) is 144 Å². The summed E-state index contributed by atoms with van der Waals surface area (Å²) in [4.78, 5) is 121. The van der Waals surface area contributed by atoms with Crippen molar-refractivity contribution in [1.29, 1.82) is 0 Å². The van der Waals surface area contributed by atoms with E-state index in [0.717, 1.165) is 39.0 Å². The van der Waals surface area contributed by atoms with Gasteiger partial charge in [-0.15, -0.1) is 0 Å². The van der Waals surface area contributed by atoms with Gasteiger partial charge >= 0.3 is 0 Å². The number of piperidine rings is 3. The van der Waals surface area contributed by atoms with Crippen LogP contribution in [0, 0.1) is 0 Å². The molecule has 5 unspecified atom stereocenters. The molecule has 0 spiro atoms. The van der Waals surface area contributed by atoms with Gasteiger partial charge in [0.15, 0.2) is 0 Å². The Hall–Kier alpha value is -11.0. The van der Waals surface area contributed by atoms with Crippen LogP contribution in [0.15, 0.2) is 164 Å². The second-order valence-electron chi connectivity index (χ2n) is 24.6. The van der Waals surface area contributed by atoms with Gasteiger partial charge in [0.25, 0.3) is 17.7 Å². The highest BCUT2D eigenvalue weighted by Gasteiger charge is 2.43. The minimum Gasteiger partial charge on any atom is -0.489 e. The molecule has 15 rings (SSSR count). The zero-order valence-electron chi connectivity index (χ0n) is 73.0. The number of allylic oxidation sites excluding steroid dienone is 3. The molecule has 102 heavy (non-hydrogen) atoms. The van der Waals surface area contributed by atoms with Crippen molar-refractivity contribution < 1.29 is 96.2 Å².